The Morgan fingerprint density at radius 1 is 1.15 bits per heavy atom. The molecule has 1 unspecified atom stereocenters. The lowest BCUT2D eigenvalue weighted by atomic mass is 9.87. The normalized spacial score (nSPS) is 17.2. The highest BCUT2D eigenvalue weighted by atomic mass is 79.9. The van der Waals surface area contributed by atoms with E-state index in [2.05, 4.69) is 5.32 Å². The summed E-state index contributed by atoms with van der Waals surface area (Å²) in [7, 11) is 0. The minimum absolute atomic E-state index is 0. The van der Waals surface area contributed by atoms with Gasteiger partial charge in [0.05, 0.1) is 10.5 Å². The van der Waals surface area contributed by atoms with Crippen molar-refractivity contribution in [3.63, 3.8) is 0 Å². The van der Waals surface area contributed by atoms with Crippen LogP contribution in [0.25, 0.3) is 0 Å². The van der Waals surface area contributed by atoms with Crippen LogP contribution in [0, 0.1) is 0 Å². The molecule has 2 aromatic rings. The first-order valence-corrected chi connectivity index (χ1v) is 9.05. The van der Waals surface area contributed by atoms with Crippen molar-refractivity contribution >= 4 is 28.7 Å². The summed E-state index contributed by atoms with van der Waals surface area (Å²) in [5, 5.41) is 23.5. The van der Waals surface area contributed by atoms with Crippen LogP contribution in [0.5, 0.6) is 11.5 Å². The van der Waals surface area contributed by atoms with Crippen molar-refractivity contribution in [2.24, 2.45) is 0 Å². The van der Waals surface area contributed by atoms with E-state index < -0.39 is 11.7 Å². The molecule has 0 bridgehead atoms. The van der Waals surface area contributed by atoms with Crippen LogP contribution < -0.4 is 5.32 Å². The number of halogens is 4. The van der Waals surface area contributed by atoms with Crippen LogP contribution >= 0.6 is 28.7 Å². The molecule has 0 fully saturated rings. The predicted octanol–water partition coefficient (Wildman–Crippen LogP) is 4.69. The number of aromatic hydroxyl groups is 2. The van der Waals surface area contributed by atoms with Crippen LogP contribution in [-0.4, -0.2) is 29.6 Å². The molecule has 1 aliphatic heterocycles. The molecule has 0 spiro atoms. The first-order valence-electron chi connectivity index (χ1n) is 7.82. The third-order valence-corrected chi connectivity index (χ3v) is 5.34. The second-order valence-electron chi connectivity index (χ2n) is 5.97. The summed E-state index contributed by atoms with van der Waals surface area (Å²) in [6.45, 7) is 1.25. The molecule has 0 aliphatic carbocycles. The van der Waals surface area contributed by atoms with E-state index in [0.717, 1.165) is 28.8 Å². The van der Waals surface area contributed by atoms with Gasteiger partial charge in [-0.2, -0.15) is 13.2 Å². The lowest BCUT2D eigenvalue weighted by Gasteiger charge is -2.21. The van der Waals surface area contributed by atoms with Gasteiger partial charge in [-0.3, -0.25) is 0 Å². The number of rotatable bonds is 2. The molecule has 0 saturated heterocycles. The van der Waals surface area contributed by atoms with E-state index in [9.17, 15) is 23.4 Å². The van der Waals surface area contributed by atoms with Crippen molar-refractivity contribution in [2.75, 3.05) is 19.3 Å². The summed E-state index contributed by atoms with van der Waals surface area (Å²) in [6.07, 6.45) is -1.87. The molecule has 1 atom stereocenters. The second-order valence-corrected chi connectivity index (χ2v) is 6.79. The third kappa shape index (κ3) is 3.97. The molecule has 3 nitrogen and oxygen atoms in total. The molecule has 1 heterocycles. The van der Waals surface area contributed by atoms with Crippen LogP contribution in [-0.2, 0) is 12.6 Å². The summed E-state index contributed by atoms with van der Waals surface area (Å²) < 4.78 is 38.4. The average Bonchev–Trinajstić information content (AvgIpc) is 2.78. The molecule has 1 aliphatic rings. The highest BCUT2D eigenvalue weighted by molar-refractivity contribution is 8.93. The van der Waals surface area contributed by atoms with E-state index in [1.165, 1.54) is 30.0 Å². The minimum Gasteiger partial charge on any atom is -0.504 e. The quantitative estimate of drug-likeness (QED) is 0.459. The zero-order chi connectivity index (χ0) is 18.2. The van der Waals surface area contributed by atoms with E-state index >= 15 is 0 Å². The van der Waals surface area contributed by atoms with Crippen molar-refractivity contribution < 1.29 is 23.4 Å². The number of phenolic OH excluding ortho intramolecular Hbond substituents is 2. The fraction of sp³-hybridized carbons (Fsp3) is 0.333. The minimum atomic E-state index is -4.37. The molecule has 0 amide bonds. The topological polar surface area (TPSA) is 52.5 Å². The number of phenols is 2. The predicted molar refractivity (Wildman–Crippen MR) is 102 cm³/mol. The Hall–Kier alpha value is -1.38. The lowest BCUT2D eigenvalue weighted by Crippen LogP contribution is -2.21. The Bertz CT molecular complexity index is 781. The number of nitrogens with one attached hydrogen (secondary N) is 1. The molecular formula is C18H19BrF3NO2S. The standard InChI is InChI=1S/C18H18F3NO2S.BrH/c1-25-17-12-6-7-22-9-14(13(12)8-15(23)16(17)24)10-2-4-11(5-3-10)18(19,20)21;/h2-5,8,14,22-24H,6-7,9H2,1H3;1H. The Morgan fingerprint density at radius 2 is 1.81 bits per heavy atom. The van der Waals surface area contributed by atoms with Gasteiger partial charge in [0.2, 0.25) is 0 Å². The van der Waals surface area contributed by atoms with Crippen molar-refractivity contribution in [2.45, 2.75) is 23.4 Å². The van der Waals surface area contributed by atoms with E-state index in [0.29, 0.717) is 24.4 Å². The third-order valence-electron chi connectivity index (χ3n) is 4.49. The molecule has 8 heteroatoms. The van der Waals surface area contributed by atoms with E-state index in [1.54, 1.807) is 0 Å². The van der Waals surface area contributed by atoms with Gasteiger partial charge < -0.3 is 15.5 Å². The average molecular weight is 450 g/mol. The van der Waals surface area contributed by atoms with Crippen LogP contribution in [0.3, 0.4) is 0 Å². The highest BCUT2D eigenvalue weighted by Gasteiger charge is 2.31. The zero-order valence-corrected chi connectivity index (χ0v) is 16.5. The SMILES string of the molecule is Br.CSc1c(O)c(O)cc2c1CCNCC2c1ccc(C(F)(F)F)cc1. The van der Waals surface area contributed by atoms with Crippen LogP contribution in [0.4, 0.5) is 13.2 Å². The molecule has 0 aromatic heterocycles. The van der Waals surface area contributed by atoms with E-state index in [1.807, 2.05) is 6.26 Å². The van der Waals surface area contributed by atoms with Gasteiger partial charge in [-0.05, 0) is 54.1 Å². The molecule has 3 rings (SSSR count). The lowest BCUT2D eigenvalue weighted by molar-refractivity contribution is -0.137. The first-order chi connectivity index (χ1) is 11.8. The molecule has 0 saturated carbocycles. The summed E-state index contributed by atoms with van der Waals surface area (Å²) in [4.78, 5) is 0.621. The fourth-order valence-electron chi connectivity index (χ4n) is 3.25. The number of hydrogen-bond donors (Lipinski definition) is 3. The molecular weight excluding hydrogens is 431 g/mol. The smallest absolute Gasteiger partial charge is 0.416 e. The van der Waals surface area contributed by atoms with E-state index in [-0.39, 0.29) is 34.4 Å². The molecule has 2 aromatic carbocycles. The van der Waals surface area contributed by atoms with Gasteiger partial charge in [0.15, 0.2) is 11.5 Å². The summed E-state index contributed by atoms with van der Waals surface area (Å²) in [6, 6.07) is 6.64. The van der Waals surface area contributed by atoms with Crippen molar-refractivity contribution in [1.82, 2.24) is 5.32 Å². The number of fused-ring (bicyclic) bond motifs is 1. The highest BCUT2D eigenvalue weighted by Crippen LogP contribution is 2.44. The number of hydrogen-bond acceptors (Lipinski definition) is 4. The van der Waals surface area contributed by atoms with E-state index in [4.69, 9.17) is 0 Å². The van der Waals surface area contributed by atoms with Gasteiger partial charge in [0.1, 0.15) is 0 Å². The maximum atomic E-state index is 12.8. The Morgan fingerprint density at radius 3 is 2.38 bits per heavy atom. The van der Waals surface area contributed by atoms with Gasteiger partial charge in [-0.15, -0.1) is 28.7 Å². The van der Waals surface area contributed by atoms with Crippen molar-refractivity contribution in [3.05, 3.63) is 52.6 Å². The molecule has 0 radical (unpaired) electrons. The molecule has 142 valence electrons. The second kappa shape index (κ2) is 8.10. The fourth-order valence-corrected chi connectivity index (χ4v) is 4.02. The maximum absolute atomic E-state index is 12.8. The monoisotopic (exact) mass is 449 g/mol. The Balaban J connectivity index is 0.00000243. The van der Waals surface area contributed by atoms with Gasteiger partial charge in [0.25, 0.3) is 0 Å². The summed E-state index contributed by atoms with van der Waals surface area (Å²) in [5.41, 5.74) is 1.82. The van der Waals surface area contributed by atoms with Gasteiger partial charge in [-0.1, -0.05) is 12.1 Å². The van der Waals surface area contributed by atoms with Gasteiger partial charge in [0, 0.05) is 12.5 Å². The number of benzene rings is 2. The zero-order valence-electron chi connectivity index (χ0n) is 13.9. The summed E-state index contributed by atoms with van der Waals surface area (Å²) in [5.74, 6) is -0.543. The molecule has 26 heavy (non-hydrogen) atoms. The van der Waals surface area contributed by atoms with Crippen LogP contribution in [0.2, 0.25) is 0 Å². The number of thioether (sulfide) groups is 1. The van der Waals surface area contributed by atoms with Crippen molar-refractivity contribution in [3.8, 4) is 11.5 Å². The Labute approximate surface area is 164 Å². The van der Waals surface area contributed by atoms with Crippen molar-refractivity contribution in [1.29, 1.82) is 0 Å². The van der Waals surface area contributed by atoms with Gasteiger partial charge in [-0.25, -0.2) is 0 Å². The molecule has 3 N–H and O–H groups in total. The first kappa shape index (κ1) is 20.9. The largest absolute Gasteiger partial charge is 0.504 e. The maximum Gasteiger partial charge on any atom is 0.416 e. The van der Waals surface area contributed by atoms with Crippen LogP contribution in [0.1, 0.15) is 28.2 Å². The summed E-state index contributed by atoms with van der Waals surface area (Å²) >= 11 is 1.35. The Kier molecular flexibility index (Phi) is 6.52. The van der Waals surface area contributed by atoms with Gasteiger partial charge >= 0.3 is 6.18 Å². The van der Waals surface area contributed by atoms with Crippen LogP contribution in [0.15, 0.2) is 35.2 Å². The number of alkyl halides is 3.